The summed E-state index contributed by atoms with van der Waals surface area (Å²) in [6.45, 7) is 2.16. The zero-order valence-corrected chi connectivity index (χ0v) is 14.9. The molecule has 0 aliphatic carbocycles. The number of hydrogen-bond acceptors (Lipinski definition) is 5. The van der Waals surface area contributed by atoms with Gasteiger partial charge in [-0.3, -0.25) is 0 Å². The molecule has 134 valence electrons. The van der Waals surface area contributed by atoms with E-state index < -0.39 is 0 Å². The van der Waals surface area contributed by atoms with Crippen molar-refractivity contribution < 1.29 is 18.7 Å². The average molecular weight is 351 g/mol. The number of oxazole rings is 1. The number of rotatable bonds is 8. The van der Waals surface area contributed by atoms with Crippen LogP contribution in [0.5, 0.6) is 11.5 Å². The van der Waals surface area contributed by atoms with Crippen molar-refractivity contribution in [2.75, 3.05) is 7.11 Å². The molecule has 2 aromatic carbocycles. The molecular formula is C21H21NO4. The van der Waals surface area contributed by atoms with Crippen molar-refractivity contribution in [3.8, 4) is 23.0 Å². The highest BCUT2D eigenvalue weighted by Gasteiger charge is 2.13. The third kappa shape index (κ3) is 4.11. The molecule has 0 aliphatic rings. The van der Waals surface area contributed by atoms with Gasteiger partial charge in [-0.05, 0) is 43.2 Å². The highest BCUT2D eigenvalue weighted by Crippen LogP contribution is 2.30. The Morgan fingerprint density at radius 2 is 1.92 bits per heavy atom. The molecule has 26 heavy (non-hydrogen) atoms. The first-order valence-electron chi connectivity index (χ1n) is 8.46. The Labute approximate surface area is 152 Å². The van der Waals surface area contributed by atoms with Crippen molar-refractivity contribution in [1.29, 1.82) is 0 Å². The minimum atomic E-state index is 0.284. The first-order chi connectivity index (χ1) is 12.7. The maximum atomic E-state index is 10.5. The van der Waals surface area contributed by atoms with E-state index in [-0.39, 0.29) is 6.61 Å². The van der Waals surface area contributed by atoms with Gasteiger partial charge >= 0.3 is 0 Å². The van der Waals surface area contributed by atoms with Gasteiger partial charge in [0, 0.05) is 12.0 Å². The SMILES string of the molecule is COc1cc(CCC=O)ccc1OCc1nc(-c2ccccc2)oc1C. The molecule has 0 saturated carbocycles. The number of methoxy groups -OCH3 is 1. The molecule has 1 heterocycles. The van der Waals surface area contributed by atoms with Crippen molar-refractivity contribution in [3.05, 3.63) is 65.5 Å². The van der Waals surface area contributed by atoms with Gasteiger partial charge in [0.15, 0.2) is 11.5 Å². The fraction of sp³-hybridized carbons (Fsp3) is 0.238. The minimum absolute atomic E-state index is 0.284. The molecule has 0 saturated heterocycles. The van der Waals surface area contributed by atoms with E-state index in [1.54, 1.807) is 7.11 Å². The predicted octanol–water partition coefficient (Wildman–Crippen LogP) is 4.37. The summed E-state index contributed by atoms with van der Waals surface area (Å²) in [5.41, 5.74) is 2.71. The first kappa shape index (κ1) is 17.7. The molecule has 5 nitrogen and oxygen atoms in total. The van der Waals surface area contributed by atoms with Gasteiger partial charge in [-0.25, -0.2) is 4.98 Å². The quantitative estimate of drug-likeness (QED) is 0.564. The zero-order chi connectivity index (χ0) is 18.4. The van der Waals surface area contributed by atoms with Crippen LogP contribution in [0.2, 0.25) is 0 Å². The molecule has 0 aliphatic heterocycles. The molecule has 3 aromatic rings. The summed E-state index contributed by atoms with van der Waals surface area (Å²) < 4.78 is 17.0. The van der Waals surface area contributed by atoms with Crippen molar-refractivity contribution in [2.24, 2.45) is 0 Å². The van der Waals surface area contributed by atoms with Crippen LogP contribution in [0.1, 0.15) is 23.4 Å². The van der Waals surface area contributed by atoms with Crippen LogP contribution in [0.15, 0.2) is 52.9 Å². The Bertz CT molecular complexity index is 871. The van der Waals surface area contributed by atoms with Crippen LogP contribution in [0.4, 0.5) is 0 Å². The van der Waals surface area contributed by atoms with Crippen molar-refractivity contribution in [2.45, 2.75) is 26.4 Å². The zero-order valence-electron chi connectivity index (χ0n) is 14.9. The Hall–Kier alpha value is -3.08. The second-order valence-corrected chi connectivity index (χ2v) is 5.87. The van der Waals surface area contributed by atoms with Gasteiger partial charge in [-0.15, -0.1) is 0 Å². The highest BCUT2D eigenvalue weighted by molar-refractivity contribution is 5.53. The lowest BCUT2D eigenvalue weighted by atomic mass is 10.1. The van der Waals surface area contributed by atoms with Gasteiger partial charge in [-0.1, -0.05) is 24.3 Å². The summed E-state index contributed by atoms with van der Waals surface area (Å²) in [6.07, 6.45) is 2.08. The molecule has 5 heteroatoms. The molecule has 0 spiro atoms. The van der Waals surface area contributed by atoms with E-state index in [9.17, 15) is 4.79 Å². The molecule has 0 bridgehead atoms. The molecule has 0 amide bonds. The second kappa shape index (κ2) is 8.34. The highest BCUT2D eigenvalue weighted by atomic mass is 16.5. The van der Waals surface area contributed by atoms with Crippen molar-refractivity contribution in [1.82, 2.24) is 4.98 Å². The van der Waals surface area contributed by atoms with E-state index in [4.69, 9.17) is 13.9 Å². The van der Waals surface area contributed by atoms with Crippen molar-refractivity contribution >= 4 is 6.29 Å². The topological polar surface area (TPSA) is 61.6 Å². The van der Waals surface area contributed by atoms with Crippen LogP contribution in [0.3, 0.4) is 0 Å². The van der Waals surface area contributed by atoms with Gasteiger partial charge in [0.05, 0.1) is 7.11 Å². The lowest BCUT2D eigenvalue weighted by molar-refractivity contribution is -0.107. The molecule has 0 atom stereocenters. The lowest BCUT2D eigenvalue weighted by Gasteiger charge is -2.11. The third-order valence-corrected chi connectivity index (χ3v) is 4.06. The number of hydrogen-bond donors (Lipinski definition) is 0. The monoisotopic (exact) mass is 351 g/mol. The summed E-state index contributed by atoms with van der Waals surface area (Å²) in [5, 5.41) is 0. The van der Waals surface area contributed by atoms with E-state index in [0.717, 1.165) is 28.9 Å². The van der Waals surface area contributed by atoms with Gasteiger partial charge in [0.1, 0.15) is 24.3 Å². The molecule has 0 radical (unpaired) electrons. The Kier molecular flexibility index (Phi) is 5.69. The number of benzene rings is 2. The molecule has 1 aromatic heterocycles. The van der Waals surface area contributed by atoms with E-state index in [1.165, 1.54) is 0 Å². The third-order valence-electron chi connectivity index (χ3n) is 4.06. The minimum Gasteiger partial charge on any atom is -0.493 e. The normalized spacial score (nSPS) is 10.5. The molecule has 0 N–H and O–H groups in total. The summed E-state index contributed by atoms with van der Waals surface area (Å²) in [7, 11) is 1.60. The van der Waals surface area contributed by atoms with E-state index >= 15 is 0 Å². The number of nitrogens with zero attached hydrogens (tertiary/aromatic N) is 1. The molecule has 0 unspecified atom stereocenters. The first-order valence-corrected chi connectivity index (χ1v) is 8.46. The predicted molar refractivity (Wildman–Crippen MR) is 98.4 cm³/mol. The smallest absolute Gasteiger partial charge is 0.226 e. The van der Waals surface area contributed by atoms with Crippen LogP contribution in [-0.4, -0.2) is 18.4 Å². The van der Waals surface area contributed by atoms with Gasteiger partial charge in [0.25, 0.3) is 0 Å². The number of aryl methyl sites for hydroxylation is 2. The summed E-state index contributed by atoms with van der Waals surface area (Å²) >= 11 is 0. The van der Waals surface area contributed by atoms with Crippen LogP contribution < -0.4 is 9.47 Å². The Morgan fingerprint density at radius 3 is 2.65 bits per heavy atom. The van der Waals surface area contributed by atoms with Crippen LogP contribution in [0, 0.1) is 6.92 Å². The maximum absolute atomic E-state index is 10.5. The van der Waals surface area contributed by atoms with Crippen molar-refractivity contribution in [3.63, 3.8) is 0 Å². The van der Waals surface area contributed by atoms with E-state index in [1.807, 2.05) is 55.5 Å². The Morgan fingerprint density at radius 1 is 1.12 bits per heavy atom. The summed E-state index contributed by atoms with van der Waals surface area (Å²) in [6, 6.07) is 15.4. The number of aromatic nitrogens is 1. The molecule has 0 fully saturated rings. The van der Waals surface area contributed by atoms with Crippen LogP contribution in [-0.2, 0) is 17.8 Å². The molecular weight excluding hydrogens is 330 g/mol. The van der Waals surface area contributed by atoms with Gasteiger partial charge in [0.2, 0.25) is 5.89 Å². The largest absolute Gasteiger partial charge is 0.493 e. The van der Waals surface area contributed by atoms with E-state index in [0.29, 0.717) is 30.2 Å². The number of carbonyl (C=O) groups is 1. The van der Waals surface area contributed by atoms with Gasteiger partial charge < -0.3 is 18.7 Å². The standard InChI is InChI=1S/C21H21NO4/c1-15-18(22-21(26-15)17-8-4-3-5-9-17)14-25-19-11-10-16(7-6-12-23)13-20(19)24-2/h3-5,8-13H,6-7,14H2,1-2H3. The fourth-order valence-corrected chi connectivity index (χ4v) is 2.62. The van der Waals surface area contributed by atoms with Crippen LogP contribution in [0.25, 0.3) is 11.5 Å². The van der Waals surface area contributed by atoms with Crippen LogP contribution >= 0.6 is 0 Å². The number of carbonyl (C=O) groups excluding carboxylic acids is 1. The number of ether oxygens (including phenoxy) is 2. The summed E-state index contributed by atoms with van der Waals surface area (Å²) in [5.74, 6) is 2.58. The number of aldehydes is 1. The maximum Gasteiger partial charge on any atom is 0.226 e. The Balaban J connectivity index is 1.73. The van der Waals surface area contributed by atoms with Gasteiger partial charge in [-0.2, -0.15) is 0 Å². The fourth-order valence-electron chi connectivity index (χ4n) is 2.62. The lowest BCUT2D eigenvalue weighted by Crippen LogP contribution is -2.00. The average Bonchev–Trinajstić information content (AvgIpc) is 3.06. The molecule has 3 rings (SSSR count). The van der Waals surface area contributed by atoms with E-state index in [2.05, 4.69) is 4.98 Å². The second-order valence-electron chi connectivity index (χ2n) is 5.87. The summed E-state index contributed by atoms with van der Waals surface area (Å²) in [4.78, 5) is 15.1.